The minimum absolute atomic E-state index is 0.105. The van der Waals surface area contributed by atoms with Crippen molar-refractivity contribution in [2.24, 2.45) is 0 Å². The number of nitrogens with zero attached hydrogens (tertiary/aromatic N) is 2. The average molecular weight is 258 g/mol. The highest BCUT2D eigenvalue weighted by Gasteiger charge is 2.11. The summed E-state index contributed by atoms with van der Waals surface area (Å²) in [6, 6.07) is 8.20. The molecule has 4 nitrogen and oxygen atoms in total. The zero-order chi connectivity index (χ0) is 13.0. The molecule has 1 aromatic carbocycles. The first kappa shape index (κ1) is 12.5. The van der Waals surface area contributed by atoms with Gasteiger partial charge in [-0.15, -0.1) is 11.8 Å². The Bertz CT molecular complexity index is 557. The summed E-state index contributed by atoms with van der Waals surface area (Å²) >= 11 is 1.58. The minimum atomic E-state index is 0.105. The predicted octanol–water partition coefficient (Wildman–Crippen LogP) is 3.18. The Morgan fingerprint density at radius 2 is 2.33 bits per heavy atom. The van der Waals surface area contributed by atoms with E-state index in [0.717, 1.165) is 16.1 Å². The number of anilines is 1. The topological polar surface area (TPSA) is 64.5 Å². The summed E-state index contributed by atoms with van der Waals surface area (Å²) in [6.07, 6.45) is 5.60. The van der Waals surface area contributed by atoms with Crippen molar-refractivity contribution in [1.29, 1.82) is 5.26 Å². The number of nitriles is 1. The molecule has 0 bridgehead atoms. The molecule has 0 saturated carbocycles. The van der Waals surface area contributed by atoms with E-state index in [1.54, 1.807) is 18.0 Å². The lowest BCUT2D eigenvalue weighted by molar-refractivity contribution is 0.884. The minimum Gasteiger partial charge on any atom is -0.377 e. The van der Waals surface area contributed by atoms with E-state index in [1.165, 1.54) is 0 Å². The zero-order valence-electron chi connectivity index (χ0n) is 10.3. The fourth-order valence-corrected chi connectivity index (χ4v) is 2.33. The third-order valence-electron chi connectivity index (χ3n) is 2.75. The number of thioether (sulfide) groups is 1. The predicted molar refractivity (Wildman–Crippen MR) is 73.6 cm³/mol. The molecule has 0 radical (unpaired) electrons. The van der Waals surface area contributed by atoms with E-state index in [9.17, 15) is 5.26 Å². The number of hydrogen-bond donors (Lipinski definition) is 2. The van der Waals surface area contributed by atoms with Crippen LogP contribution in [0.4, 0.5) is 5.69 Å². The Balaban J connectivity index is 2.27. The highest BCUT2D eigenvalue weighted by molar-refractivity contribution is 7.98. The van der Waals surface area contributed by atoms with Crippen molar-refractivity contribution >= 4 is 17.4 Å². The van der Waals surface area contributed by atoms with Gasteiger partial charge in [0.15, 0.2) is 0 Å². The monoisotopic (exact) mass is 258 g/mol. The van der Waals surface area contributed by atoms with Gasteiger partial charge in [-0.3, -0.25) is 5.10 Å². The van der Waals surface area contributed by atoms with Gasteiger partial charge in [0.2, 0.25) is 0 Å². The van der Waals surface area contributed by atoms with Gasteiger partial charge in [0.25, 0.3) is 0 Å². The summed E-state index contributed by atoms with van der Waals surface area (Å²) in [5, 5.41) is 19.3. The van der Waals surface area contributed by atoms with Crippen LogP contribution in [-0.2, 0) is 0 Å². The number of benzene rings is 1. The molecule has 0 aliphatic heterocycles. The van der Waals surface area contributed by atoms with E-state index in [4.69, 9.17) is 0 Å². The third kappa shape index (κ3) is 2.49. The molecule has 1 heterocycles. The molecule has 0 saturated heterocycles. The van der Waals surface area contributed by atoms with Gasteiger partial charge in [-0.25, -0.2) is 0 Å². The van der Waals surface area contributed by atoms with Crippen molar-refractivity contribution in [3.8, 4) is 6.07 Å². The Hall–Kier alpha value is -1.93. The van der Waals surface area contributed by atoms with Gasteiger partial charge in [-0.2, -0.15) is 10.4 Å². The maximum Gasteiger partial charge on any atom is 0.102 e. The SMILES string of the molecule is CSc1cccc(NC(C)c2cn[nH]c2)c1C#N. The summed E-state index contributed by atoms with van der Waals surface area (Å²) in [4.78, 5) is 0.988. The van der Waals surface area contributed by atoms with Crippen molar-refractivity contribution in [2.75, 3.05) is 11.6 Å². The molecule has 18 heavy (non-hydrogen) atoms. The van der Waals surface area contributed by atoms with Gasteiger partial charge >= 0.3 is 0 Å². The first-order valence-electron chi connectivity index (χ1n) is 5.58. The Morgan fingerprint density at radius 1 is 1.50 bits per heavy atom. The number of H-pyrrole nitrogens is 1. The van der Waals surface area contributed by atoms with Crippen LogP contribution in [0.1, 0.15) is 24.1 Å². The van der Waals surface area contributed by atoms with Crippen LogP contribution >= 0.6 is 11.8 Å². The van der Waals surface area contributed by atoms with Gasteiger partial charge in [0, 0.05) is 16.7 Å². The van der Waals surface area contributed by atoms with Gasteiger partial charge in [0.05, 0.1) is 23.5 Å². The molecule has 0 amide bonds. The molecule has 2 aromatic rings. The maximum absolute atomic E-state index is 9.25. The molecule has 1 unspecified atom stereocenters. The normalized spacial score (nSPS) is 11.8. The first-order valence-corrected chi connectivity index (χ1v) is 6.81. The second kappa shape index (κ2) is 5.61. The fourth-order valence-electron chi connectivity index (χ4n) is 1.75. The molecule has 92 valence electrons. The second-order valence-corrected chi connectivity index (χ2v) is 4.74. The molecule has 1 aromatic heterocycles. The molecule has 0 fully saturated rings. The Kier molecular flexibility index (Phi) is 3.90. The average Bonchev–Trinajstić information content (AvgIpc) is 2.92. The number of aromatic nitrogens is 2. The van der Waals surface area contributed by atoms with Crippen molar-refractivity contribution in [1.82, 2.24) is 10.2 Å². The van der Waals surface area contributed by atoms with E-state index in [0.29, 0.717) is 5.56 Å². The van der Waals surface area contributed by atoms with E-state index in [2.05, 4.69) is 21.6 Å². The summed E-state index contributed by atoms with van der Waals surface area (Å²) < 4.78 is 0. The quantitative estimate of drug-likeness (QED) is 0.827. The van der Waals surface area contributed by atoms with E-state index in [-0.39, 0.29) is 6.04 Å². The smallest absolute Gasteiger partial charge is 0.102 e. The molecule has 1 atom stereocenters. The zero-order valence-corrected chi connectivity index (χ0v) is 11.1. The summed E-state index contributed by atoms with van der Waals surface area (Å²) in [5.41, 5.74) is 2.62. The van der Waals surface area contributed by atoms with E-state index in [1.807, 2.05) is 37.6 Å². The largest absolute Gasteiger partial charge is 0.377 e. The van der Waals surface area contributed by atoms with Crippen LogP contribution in [0.3, 0.4) is 0 Å². The molecule has 0 spiro atoms. The second-order valence-electron chi connectivity index (χ2n) is 3.89. The maximum atomic E-state index is 9.25. The highest BCUT2D eigenvalue weighted by atomic mass is 32.2. The molecule has 2 N–H and O–H groups in total. The highest BCUT2D eigenvalue weighted by Crippen LogP contribution is 2.28. The number of rotatable bonds is 4. The lowest BCUT2D eigenvalue weighted by Crippen LogP contribution is -2.07. The van der Waals surface area contributed by atoms with Crippen molar-refractivity contribution in [2.45, 2.75) is 17.9 Å². The number of aromatic amines is 1. The van der Waals surface area contributed by atoms with Crippen LogP contribution in [0.15, 0.2) is 35.5 Å². The van der Waals surface area contributed by atoms with Crippen molar-refractivity contribution in [3.05, 3.63) is 41.7 Å². The number of nitrogens with one attached hydrogen (secondary N) is 2. The summed E-state index contributed by atoms with van der Waals surface area (Å²) in [6.45, 7) is 2.04. The lowest BCUT2D eigenvalue weighted by Gasteiger charge is -2.15. The van der Waals surface area contributed by atoms with Crippen LogP contribution < -0.4 is 5.32 Å². The molecule has 5 heteroatoms. The fraction of sp³-hybridized carbons (Fsp3) is 0.231. The van der Waals surface area contributed by atoms with Crippen LogP contribution in [0.25, 0.3) is 0 Å². The number of hydrogen-bond acceptors (Lipinski definition) is 4. The van der Waals surface area contributed by atoms with E-state index >= 15 is 0 Å². The van der Waals surface area contributed by atoms with Gasteiger partial charge in [-0.1, -0.05) is 6.07 Å². The van der Waals surface area contributed by atoms with Crippen LogP contribution in [0.5, 0.6) is 0 Å². The standard InChI is InChI=1S/C13H14N4S/c1-9(10-7-15-16-8-10)17-12-4-3-5-13(18-2)11(12)6-14/h3-5,7-9,17H,1-2H3,(H,15,16). The molecule has 0 aliphatic rings. The van der Waals surface area contributed by atoms with Crippen LogP contribution in [0.2, 0.25) is 0 Å². The van der Waals surface area contributed by atoms with Gasteiger partial charge in [0.1, 0.15) is 6.07 Å². The van der Waals surface area contributed by atoms with Crippen molar-refractivity contribution in [3.63, 3.8) is 0 Å². The van der Waals surface area contributed by atoms with Crippen LogP contribution in [0, 0.1) is 11.3 Å². The third-order valence-corrected chi connectivity index (χ3v) is 3.53. The molecule has 0 aliphatic carbocycles. The Morgan fingerprint density at radius 3 is 2.94 bits per heavy atom. The van der Waals surface area contributed by atoms with Gasteiger partial charge in [-0.05, 0) is 25.3 Å². The summed E-state index contributed by atoms with van der Waals surface area (Å²) in [7, 11) is 0. The Labute approximate surface area is 110 Å². The van der Waals surface area contributed by atoms with Crippen molar-refractivity contribution < 1.29 is 0 Å². The first-order chi connectivity index (χ1) is 8.76. The van der Waals surface area contributed by atoms with E-state index < -0.39 is 0 Å². The molecular weight excluding hydrogens is 244 g/mol. The van der Waals surface area contributed by atoms with Crippen LogP contribution in [-0.4, -0.2) is 16.5 Å². The summed E-state index contributed by atoms with van der Waals surface area (Å²) in [5.74, 6) is 0. The van der Waals surface area contributed by atoms with Gasteiger partial charge < -0.3 is 5.32 Å². The molecule has 2 rings (SSSR count). The lowest BCUT2D eigenvalue weighted by atomic mass is 10.1. The molecular formula is C13H14N4S.